The minimum atomic E-state index is -0.433. The van der Waals surface area contributed by atoms with Crippen LogP contribution in [0.5, 0.6) is 0 Å². The summed E-state index contributed by atoms with van der Waals surface area (Å²) in [6.45, 7) is 2.16. The number of halogens is 1. The van der Waals surface area contributed by atoms with Gasteiger partial charge in [-0.2, -0.15) is 5.10 Å². The van der Waals surface area contributed by atoms with Gasteiger partial charge in [-0.25, -0.2) is 9.07 Å². The minimum absolute atomic E-state index is 0.00301. The van der Waals surface area contributed by atoms with Crippen LogP contribution in [0.3, 0.4) is 0 Å². The Balaban J connectivity index is 1.94. The molecule has 1 aromatic carbocycles. The Morgan fingerprint density at radius 3 is 2.90 bits per heavy atom. The molecule has 2 aromatic rings. The zero-order chi connectivity index (χ0) is 15.4. The first-order valence-electron chi connectivity index (χ1n) is 6.65. The smallest absolute Gasteiger partial charge is 0.333 e. The van der Waals surface area contributed by atoms with Crippen LogP contribution in [0.1, 0.15) is 17.7 Å². The second kappa shape index (κ2) is 6.34. The Labute approximate surface area is 121 Å². The van der Waals surface area contributed by atoms with Gasteiger partial charge < -0.3 is 5.32 Å². The predicted molar refractivity (Wildman–Crippen MR) is 77.8 cm³/mol. The number of hydrogen-bond acceptors (Lipinski definition) is 4. The molecule has 0 spiro atoms. The minimum Gasteiger partial charge on any atom is -0.365 e. The van der Waals surface area contributed by atoms with E-state index in [9.17, 15) is 14.5 Å². The van der Waals surface area contributed by atoms with Gasteiger partial charge in [0, 0.05) is 13.6 Å². The van der Waals surface area contributed by atoms with E-state index >= 15 is 0 Å². The average Bonchev–Trinajstić information content (AvgIpc) is 2.69. The van der Waals surface area contributed by atoms with Crippen molar-refractivity contribution in [3.8, 4) is 0 Å². The highest BCUT2D eigenvalue weighted by molar-refractivity contribution is 5.59. The molecule has 0 unspecified atom stereocenters. The highest BCUT2D eigenvalue weighted by Gasteiger charge is 2.23. The second-order valence-corrected chi connectivity index (χ2v) is 4.82. The lowest BCUT2D eigenvalue weighted by Gasteiger charge is -2.06. The molecule has 7 heteroatoms. The van der Waals surface area contributed by atoms with Crippen molar-refractivity contribution in [1.82, 2.24) is 9.78 Å². The molecular weight excluding hydrogens is 275 g/mol. The van der Waals surface area contributed by atoms with Gasteiger partial charge in [0.25, 0.3) is 0 Å². The topological polar surface area (TPSA) is 73.0 Å². The molecule has 0 atom stereocenters. The standard InChI is InChI=1S/C14H17FN4O2/c1-10-13(19(20)21)14(18(2)17-10)16-8-4-6-11-5-3-7-12(15)9-11/h3,5,7,9,16H,4,6,8H2,1-2H3. The van der Waals surface area contributed by atoms with Gasteiger partial charge >= 0.3 is 5.69 Å². The molecule has 2 rings (SSSR count). The highest BCUT2D eigenvalue weighted by Crippen LogP contribution is 2.27. The molecule has 0 fully saturated rings. The van der Waals surface area contributed by atoms with E-state index in [0.717, 1.165) is 12.0 Å². The molecule has 0 bridgehead atoms. The molecule has 0 saturated heterocycles. The summed E-state index contributed by atoms with van der Waals surface area (Å²) in [6, 6.07) is 6.44. The van der Waals surface area contributed by atoms with Crippen molar-refractivity contribution in [3.05, 3.63) is 51.5 Å². The van der Waals surface area contributed by atoms with Crippen LogP contribution in [0, 0.1) is 22.9 Å². The quantitative estimate of drug-likeness (QED) is 0.505. The monoisotopic (exact) mass is 292 g/mol. The summed E-state index contributed by atoms with van der Waals surface area (Å²) < 4.78 is 14.5. The third-order valence-electron chi connectivity index (χ3n) is 3.20. The second-order valence-electron chi connectivity index (χ2n) is 4.82. The van der Waals surface area contributed by atoms with Crippen molar-refractivity contribution in [2.24, 2.45) is 7.05 Å². The normalized spacial score (nSPS) is 10.6. The van der Waals surface area contributed by atoms with Gasteiger partial charge in [-0.15, -0.1) is 0 Å². The molecule has 6 nitrogen and oxygen atoms in total. The maximum Gasteiger partial charge on any atom is 0.333 e. The lowest BCUT2D eigenvalue weighted by molar-refractivity contribution is -0.384. The number of nitrogens with zero attached hydrogens (tertiary/aromatic N) is 3. The van der Waals surface area contributed by atoms with Crippen molar-refractivity contribution in [2.45, 2.75) is 19.8 Å². The fraction of sp³-hybridized carbons (Fsp3) is 0.357. The van der Waals surface area contributed by atoms with Crippen LogP contribution in [-0.2, 0) is 13.5 Å². The summed E-state index contributed by atoms with van der Waals surface area (Å²) in [5.74, 6) is 0.148. The van der Waals surface area contributed by atoms with Gasteiger partial charge in [0.15, 0.2) is 0 Å². The van der Waals surface area contributed by atoms with E-state index < -0.39 is 4.92 Å². The first-order valence-corrected chi connectivity index (χ1v) is 6.65. The van der Waals surface area contributed by atoms with Crippen LogP contribution >= 0.6 is 0 Å². The summed E-state index contributed by atoms with van der Waals surface area (Å²) in [4.78, 5) is 10.6. The third kappa shape index (κ3) is 3.56. The SMILES string of the molecule is Cc1nn(C)c(NCCCc2cccc(F)c2)c1[N+](=O)[O-]. The van der Waals surface area contributed by atoms with E-state index in [0.29, 0.717) is 24.5 Å². The zero-order valence-electron chi connectivity index (χ0n) is 12.0. The Morgan fingerprint density at radius 2 is 2.24 bits per heavy atom. The molecule has 1 aromatic heterocycles. The molecule has 0 radical (unpaired) electrons. The van der Waals surface area contributed by atoms with Crippen LogP contribution in [0.2, 0.25) is 0 Å². The number of anilines is 1. The fourth-order valence-corrected chi connectivity index (χ4v) is 2.26. The van der Waals surface area contributed by atoms with Crippen LogP contribution in [0.4, 0.5) is 15.9 Å². The number of aryl methyl sites for hydroxylation is 3. The zero-order valence-corrected chi connectivity index (χ0v) is 12.0. The van der Waals surface area contributed by atoms with Gasteiger partial charge in [-0.1, -0.05) is 12.1 Å². The Kier molecular flexibility index (Phi) is 4.52. The predicted octanol–water partition coefficient (Wildman–Crippen LogP) is 2.82. The number of hydrogen-bond donors (Lipinski definition) is 1. The summed E-state index contributed by atoms with van der Waals surface area (Å²) in [6.07, 6.45) is 1.44. The van der Waals surface area contributed by atoms with Crippen LogP contribution in [0.25, 0.3) is 0 Å². The Hall–Kier alpha value is -2.44. The average molecular weight is 292 g/mol. The lowest BCUT2D eigenvalue weighted by atomic mass is 10.1. The molecular formula is C14H17FN4O2. The molecule has 0 aliphatic carbocycles. The largest absolute Gasteiger partial charge is 0.365 e. The molecule has 112 valence electrons. The van der Waals surface area contributed by atoms with Gasteiger partial charge in [0.2, 0.25) is 5.82 Å². The van der Waals surface area contributed by atoms with Gasteiger partial charge in [-0.3, -0.25) is 10.1 Å². The molecule has 0 amide bonds. The lowest BCUT2D eigenvalue weighted by Crippen LogP contribution is -2.08. The van der Waals surface area contributed by atoms with Crippen molar-refractivity contribution in [2.75, 3.05) is 11.9 Å². The van der Waals surface area contributed by atoms with Crippen LogP contribution < -0.4 is 5.32 Å². The van der Waals surface area contributed by atoms with Gasteiger partial charge in [0.05, 0.1) is 4.92 Å². The Bertz CT molecular complexity index is 654. The first-order chi connectivity index (χ1) is 9.99. The van der Waals surface area contributed by atoms with Crippen molar-refractivity contribution in [3.63, 3.8) is 0 Å². The van der Waals surface area contributed by atoms with Crippen LogP contribution in [-0.4, -0.2) is 21.2 Å². The van der Waals surface area contributed by atoms with Crippen molar-refractivity contribution in [1.29, 1.82) is 0 Å². The van der Waals surface area contributed by atoms with Gasteiger partial charge in [0.1, 0.15) is 11.5 Å². The van der Waals surface area contributed by atoms with Crippen molar-refractivity contribution >= 4 is 11.5 Å². The number of benzene rings is 1. The summed E-state index contributed by atoms with van der Waals surface area (Å²) >= 11 is 0. The number of aromatic nitrogens is 2. The van der Waals surface area contributed by atoms with Gasteiger partial charge in [-0.05, 0) is 37.5 Å². The van der Waals surface area contributed by atoms with E-state index in [2.05, 4.69) is 10.4 Å². The molecule has 0 aliphatic rings. The number of rotatable bonds is 6. The highest BCUT2D eigenvalue weighted by atomic mass is 19.1. The molecule has 1 heterocycles. The molecule has 0 saturated carbocycles. The number of nitrogens with one attached hydrogen (secondary N) is 1. The van der Waals surface area contributed by atoms with E-state index in [4.69, 9.17) is 0 Å². The molecule has 21 heavy (non-hydrogen) atoms. The summed E-state index contributed by atoms with van der Waals surface area (Å²) in [7, 11) is 1.66. The summed E-state index contributed by atoms with van der Waals surface area (Å²) in [5, 5.41) is 18.1. The van der Waals surface area contributed by atoms with Crippen LogP contribution in [0.15, 0.2) is 24.3 Å². The Morgan fingerprint density at radius 1 is 1.48 bits per heavy atom. The molecule has 1 N–H and O–H groups in total. The third-order valence-corrected chi connectivity index (χ3v) is 3.20. The fourth-order valence-electron chi connectivity index (χ4n) is 2.26. The summed E-state index contributed by atoms with van der Waals surface area (Å²) in [5.41, 5.74) is 1.30. The van der Waals surface area contributed by atoms with E-state index in [1.165, 1.54) is 16.8 Å². The van der Waals surface area contributed by atoms with Crippen molar-refractivity contribution < 1.29 is 9.31 Å². The number of nitro groups is 1. The van der Waals surface area contributed by atoms with E-state index in [1.807, 2.05) is 6.07 Å². The molecule has 0 aliphatic heterocycles. The van der Waals surface area contributed by atoms with E-state index in [1.54, 1.807) is 20.0 Å². The first kappa shape index (κ1) is 15.0. The maximum absolute atomic E-state index is 13.0. The van der Waals surface area contributed by atoms with E-state index in [-0.39, 0.29) is 11.5 Å². The maximum atomic E-state index is 13.0.